The molecule has 5 rings (SSSR count). The Morgan fingerprint density at radius 2 is 1.70 bits per heavy atom. The molecule has 1 N–H and O–H groups in total. The van der Waals surface area contributed by atoms with E-state index in [0.717, 1.165) is 41.2 Å². The van der Waals surface area contributed by atoms with Gasteiger partial charge < -0.3 is 14.8 Å². The van der Waals surface area contributed by atoms with Gasteiger partial charge in [0.1, 0.15) is 0 Å². The lowest BCUT2D eigenvalue weighted by Crippen LogP contribution is -2.49. The van der Waals surface area contributed by atoms with E-state index >= 15 is 0 Å². The molecule has 0 aromatic heterocycles. The highest BCUT2D eigenvalue weighted by Crippen LogP contribution is 2.60. The van der Waals surface area contributed by atoms with E-state index in [0.29, 0.717) is 17.0 Å². The topological polar surface area (TPSA) is 47.6 Å². The third-order valence-electron chi connectivity index (χ3n) is 6.68. The summed E-state index contributed by atoms with van der Waals surface area (Å²) in [5, 5.41) is 3.10. The molecule has 0 unspecified atom stereocenters. The molecule has 4 nitrogen and oxygen atoms in total. The molecule has 148 valence electrons. The number of benzene rings is 1. The molecule has 0 atom stereocenters. The number of nitrogens with one attached hydrogen (secondary N) is 1. The summed E-state index contributed by atoms with van der Waals surface area (Å²) in [7, 11) is 3.28. The van der Waals surface area contributed by atoms with E-state index < -0.39 is 0 Å². The van der Waals surface area contributed by atoms with Crippen molar-refractivity contribution < 1.29 is 14.3 Å². The molecular formula is C22H31NO3S. The number of ether oxygens (including phenoxy) is 2. The number of hydrogen-bond donors (Lipinski definition) is 1. The lowest BCUT2D eigenvalue weighted by atomic mass is 9.56. The second kappa shape index (κ2) is 7.94. The number of rotatable bonds is 8. The highest BCUT2D eigenvalue weighted by Gasteiger charge is 2.51. The minimum atomic E-state index is 0.177. The van der Waals surface area contributed by atoms with E-state index in [2.05, 4.69) is 5.32 Å². The summed E-state index contributed by atoms with van der Waals surface area (Å²) in [6, 6.07) is 5.92. The predicted octanol–water partition coefficient (Wildman–Crippen LogP) is 4.06. The summed E-state index contributed by atoms with van der Waals surface area (Å²) in [5.74, 6) is 5.08. The molecule has 27 heavy (non-hydrogen) atoms. The van der Waals surface area contributed by atoms with Gasteiger partial charge >= 0.3 is 0 Å². The van der Waals surface area contributed by atoms with Crippen LogP contribution in [0.5, 0.6) is 11.5 Å². The zero-order valence-electron chi connectivity index (χ0n) is 16.5. The van der Waals surface area contributed by atoms with E-state index in [1.54, 1.807) is 14.2 Å². The lowest BCUT2D eigenvalue weighted by Gasteiger charge is -2.56. The van der Waals surface area contributed by atoms with Crippen LogP contribution in [0.4, 0.5) is 0 Å². The lowest BCUT2D eigenvalue weighted by molar-refractivity contribution is -0.118. The number of hydrogen-bond acceptors (Lipinski definition) is 4. The minimum Gasteiger partial charge on any atom is -0.493 e. The second-order valence-electron chi connectivity index (χ2n) is 8.68. The van der Waals surface area contributed by atoms with Gasteiger partial charge in [-0.3, -0.25) is 4.79 Å². The largest absolute Gasteiger partial charge is 0.493 e. The van der Waals surface area contributed by atoms with Gasteiger partial charge in [-0.2, -0.15) is 0 Å². The first kappa shape index (κ1) is 19.0. The van der Waals surface area contributed by atoms with Crippen molar-refractivity contribution in [3.05, 3.63) is 23.8 Å². The Bertz CT molecular complexity index is 655. The maximum Gasteiger partial charge on any atom is 0.230 e. The highest BCUT2D eigenvalue weighted by atomic mass is 32.2. The molecule has 4 bridgehead atoms. The molecule has 0 aliphatic heterocycles. The number of methoxy groups -OCH3 is 2. The minimum absolute atomic E-state index is 0.177. The first-order valence-electron chi connectivity index (χ1n) is 10.2. The van der Waals surface area contributed by atoms with E-state index in [9.17, 15) is 4.79 Å². The quantitative estimate of drug-likeness (QED) is 0.728. The number of thioether (sulfide) groups is 1. The second-order valence-corrected chi connectivity index (χ2v) is 10.1. The Labute approximate surface area is 166 Å². The Morgan fingerprint density at radius 1 is 1.07 bits per heavy atom. The van der Waals surface area contributed by atoms with Crippen molar-refractivity contribution in [3.63, 3.8) is 0 Å². The van der Waals surface area contributed by atoms with Crippen LogP contribution in [0.3, 0.4) is 0 Å². The third-order valence-corrected chi connectivity index (χ3v) is 8.19. The fourth-order valence-electron chi connectivity index (χ4n) is 5.86. The summed E-state index contributed by atoms with van der Waals surface area (Å²) in [4.78, 5) is 12.4. The van der Waals surface area contributed by atoms with Crippen LogP contribution in [0, 0.1) is 17.8 Å². The maximum absolute atomic E-state index is 12.4. The number of carbonyl (C=O) groups is 1. The van der Waals surface area contributed by atoms with E-state index in [1.165, 1.54) is 38.5 Å². The van der Waals surface area contributed by atoms with E-state index in [1.807, 2.05) is 30.0 Å². The fourth-order valence-corrected chi connectivity index (χ4v) is 7.46. The molecule has 1 aromatic rings. The van der Waals surface area contributed by atoms with Gasteiger partial charge in [-0.15, -0.1) is 11.8 Å². The van der Waals surface area contributed by atoms with Crippen LogP contribution in [-0.4, -0.2) is 37.2 Å². The molecule has 1 amide bonds. The van der Waals surface area contributed by atoms with Crippen LogP contribution in [0.15, 0.2) is 18.2 Å². The zero-order chi connectivity index (χ0) is 18.9. The van der Waals surface area contributed by atoms with Gasteiger partial charge in [0, 0.05) is 11.3 Å². The van der Waals surface area contributed by atoms with Gasteiger partial charge in [-0.25, -0.2) is 0 Å². The molecule has 0 heterocycles. The monoisotopic (exact) mass is 389 g/mol. The summed E-state index contributed by atoms with van der Waals surface area (Å²) >= 11 is 1.95. The summed E-state index contributed by atoms with van der Waals surface area (Å²) in [5.41, 5.74) is 1.14. The van der Waals surface area contributed by atoms with Crippen LogP contribution < -0.4 is 14.8 Å². The maximum atomic E-state index is 12.4. The van der Waals surface area contributed by atoms with Crippen LogP contribution >= 0.6 is 11.8 Å². The van der Waals surface area contributed by atoms with E-state index in [4.69, 9.17) is 9.47 Å². The summed E-state index contributed by atoms with van der Waals surface area (Å²) in [6.45, 7) is 0.662. The normalized spacial score (nSPS) is 31.0. The first-order valence-corrected chi connectivity index (χ1v) is 11.2. The highest BCUT2D eigenvalue weighted by molar-refractivity contribution is 8.01. The molecular weight excluding hydrogens is 358 g/mol. The van der Waals surface area contributed by atoms with Gasteiger partial charge in [0.25, 0.3) is 0 Å². The number of carbonyl (C=O) groups excluding carboxylic acids is 1. The predicted molar refractivity (Wildman–Crippen MR) is 110 cm³/mol. The zero-order valence-corrected chi connectivity index (χ0v) is 17.3. The fraction of sp³-hybridized carbons (Fsp3) is 0.682. The van der Waals surface area contributed by atoms with Crippen molar-refractivity contribution in [1.82, 2.24) is 5.32 Å². The van der Waals surface area contributed by atoms with Gasteiger partial charge in [0.05, 0.1) is 20.0 Å². The van der Waals surface area contributed by atoms with Crippen LogP contribution in [0.1, 0.15) is 44.1 Å². The summed E-state index contributed by atoms with van der Waals surface area (Å²) in [6.07, 6.45) is 9.22. The Morgan fingerprint density at radius 3 is 2.30 bits per heavy atom. The van der Waals surface area contributed by atoms with Gasteiger partial charge in [-0.1, -0.05) is 6.07 Å². The molecule has 4 saturated carbocycles. The average molecular weight is 390 g/mol. The first-order chi connectivity index (χ1) is 13.1. The van der Waals surface area contributed by atoms with E-state index in [-0.39, 0.29) is 5.91 Å². The Kier molecular flexibility index (Phi) is 5.58. The molecule has 1 aromatic carbocycles. The summed E-state index contributed by atoms with van der Waals surface area (Å²) < 4.78 is 11.0. The molecule has 0 saturated heterocycles. The molecule has 5 heteroatoms. The smallest absolute Gasteiger partial charge is 0.230 e. The third kappa shape index (κ3) is 4.23. The molecule has 4 aliphatic carbocycles. The van der Waals surface area contributed by atoms with Crippen molar-refractivity contribution in [3.8, 4) is 11.5 Å². The Hall–Kier alpha value is -1.36. The van der Waals surface area contributed by atoms with Crippen LogP contribution in [0.25, 0.3) is 0 Å². The van der Waals surface area contributed by atoms with Crippen molar-refractivity contribution in [2.45, 2.75) is 49.7 Å². The molecule has 0 radical (unpaired) electrons. The van der Waals surface area contributed by atoms with Crippen LogP contribution in [0.2, 0.25) is 0 Å². The van der Waals surface area contributed by atoms with Crippen molar-refractivity contribution in [2.24, 2.45) is 17.8 Å². The molecule has 0 spiro atoms. The standard InChI is InChI=1S/C22H31NO3S/c1-25-19-4-3-15(10-20(19)26-2)5-6-23-21(24)14-27-22-11-16-7-17(12-22)9-18(8-16)13-22/h3-4,10,16-18H,5-9,11-14H2,1-2H3,(H,23,24). The Balaban J connectivity index is 1.22. The van der Waals surface area contributed by atoms with Crippen molar-refractivity contribution in [2.75, 3.05) is 26.5 Å². The van der Waals surface area contributed by atoms with Crippen molar-refractivity contribution in [1.29, 1.82) is 0 Å². The number of amides is 1. The average Bonchev–Trinajstić information content (AvgIpc) is 2.65. The van der Waals surface area contributed by atoms with Crippen LogP contribution in [-0.2, 0) is 11.2 Å². The van der Waals surface area contributed by atoms with Crippen molar-refractivity contribution >= 4 is 17.7 Å². The van der Waals surface area contributed by atoms with Gasteiger partial charge in [0.15, 0.2) is 11.5 Å². The van der Waals surface area contributed by atoms with Gasteiger partial charge in [0.2, 0.25) is 5.91 Å². The molecule has 4 fully saturated rings. The molecule has 4 aliphatic rings. The van der Waals surface area contributed by atoms with Gasteiger partial charge in [-0.05, 0) is 80.4 Å². The SMILES string of the molecule is COc1ccc(CCNC(=O)CSC23CC4CC(CC(C4)C2)C3)cc1OC.